The van der Waals surface area contributed by atoms with Gasteiger partial charge in [0, 0.05) is 189 Å². The van der Waals surface area contributed by atoms with E-state index < -0.39 is 44.7 Å². The summed E-state index contributed by atoms with van der Waals surface area (Å²) in [5.74, 6) is 82.9. The summed E-state index contributed by atoms with van der Waals surface area (Å²) in [7, 11) is 83.0. The second kappa shape index (κ2) is 74.7. The third kappa shape index (κ3) is 108. The quantitative estimate of drug-likeness (QED) is 0.185. The molecule has 0 fully saturated rings. The molecule has 0 aliphatic heterocycles. The Morgan fingerprint density at radius 1 is 0.265 bits per heavy atom. The normalized spacial score (nSPS) is 5.06. The van der Waals surface area contributed by atoms with E-state index in [1.54, 1.807) is 27.7 Å². The first-order valence-electron chi connectivity index (χ1n) is 18.0. The van der Waals surface area contributed by atoms with E-state index in [1.165, 1.54) is 14.1 Å². The maximum atomic E-state index is 5.26. The van der Waals surface area contributed by atoms with Gasteiger partial charge in [-0.25, -0.2) is 0 Å². The fourth-order valence-electron chi connectivity index (χ4n) is 1.34. The van der Waals surface area contributed by atoms with Gasteiger partial charge in [0.2, 0.25) is 0 Å². The van der Waals surface area contributed by atoms with Crippen molar-refractivity contribution in [2.75, 3.05) is 0 Å². The highest BCUT2D eigenvalue weighted by Gasteiger charge is 2.14. The average Bonchev–Trinajstić information content (AvgIpc) is 3.31. The highest BCUT2D eigenvalue weighted by Crippen LogP contribution is 1.76. The molecule has 0 heterocycles. The van der Waals surface area contributed by atoms with Gasteiger partial charge in [-0.2, -0.15) is 0 Å². The van der Waals surface area contributed by atoms with Crippen molar-refractivity contribution in [3.63, 3.8) is 0 Å². The highest BCUT2D eigenvalue weighted by molar-refractivity contribution is 7.89. The van der Waals surface area contributed by atoms with Crippen LogP contribution in [0.1, 0.15) is 27.7 Å². The summed E-state index contributed by atoms with van der Waals surface area (Å²) in [6, 6.07) is 0. The Balaban J connectivity index is -0.000000102. The molecule has 0 N–H and O–H groups in total. The summed E-state index contributed by atoms with van der Waals surface area (Å²) in [4.78, 5) is 0. The number of terminal acetylenes is 4. The average molecular weight is 802 g/mol. The van der Waals surface area contributed by atoms with Crippen molar-refractivity contribution in [1.29, 1.82) is 0 Å². The van der Waals surface area contributed by atoms with E-state index >= 15 is 0 Å². The van der Waals surface area contributed by atoms with Gasteiger partial charge in [0.1, 0.15) is 0 Å². The monoisotopic (exact) mass is 806 g/mol. The molecule has 26 heteroatoms. The van der Waals surface area contributed by atoms with Crippen molar-refractivity contribution in [3.05, 3.63) is 0 Å². The molecule has 68 heavy (non-hydrogen) atoms. The summed E-state index contributed by atoms with van der Waals surface area (Å²) in [6.07, 6.45) is 14.9. The van der Waals surface area contributed by atoms with Crippen LogP contribution in [0.15, 0.2) is 0 Å². The summed E-state index contributed by atoms with van der Waals surface area (Å²) in [5, 5.41) is 0. The maximum absolute atomic E-state index is 5.26. The van der Waals surface area contributed by atoms with Crippen LogP contribution in [0.4, 0.5) is 0 Å². The van der Waals surface area contributed by atoms with Crippen LogP contribution in [0.5, 0.6) is 0 Å². The van der Waals surface area contributed by atoms with Crippen molar-refractivity contribution >= 4 is 189 Å². The predicted octanol–water partition coefficient (Wildman–Crippen LogP) is -7.29. The molecule has 0 atom stereocenters. The van der Waals surface area contributed by atoms with E-state index in [1.807, 2.05) is 0 Å². The van der Waals surface area contributed by atoms with E-state index in [4.69, 9.17) is 149 Å². The molecule has 262 valence electrons. The highest BCUT2D eigenvalue weighted by atomic mass is 13.6. The van der Waals surface area contributed by atoms with E-state index in [-0.39, 0.29) is 6.39 Å². The lowest BCUT2D eigenvalue weighted by molar-refractivity contribution is 1.92. The Hall–Kier alpha value is -6.67. The SMILES string of the molecule is C#CC#CC#CC#CC.C#CC#CC#CC#CC#C.C#CC#CC#CC#CC#CC.CC#CC#CC#CC#CC#CC.[B]B([B])B([B])B([B])[B].[B]B([B])B([B])[B].[B][B]B([B])B([B])[B].[B][B]B([B])[B]. The van der Waals surface area contributed by atoms with Crippen molar-refractivity contribution in [1.82, 2.24) is 0 Å². The molecule has 0 amide bonds. The standard InChI is InChI=1S/C12H6.C11H4.C10H2.C9H4.B8.B7.B6.B5/c1-3-5-7-9-11-12-10-8-6-4-2;1-3-5-7-9-11-10-8-6-4-2;1-3-5-7-9-10-8-6-4-2;1-3-5-7-9-8-6-4-2;1-6(2)8(5)7(3)4;1-5-7(4)6(2)3;1-5(2)6(3)4;1-4-5(2)3/h1-2H3;1H,2H3;1-2H;1H,2H3;;;;. The Morgan fingerprint density at radius 3 is 0.515 bits per heavy atom. The minimum absolute atomic E-state index is 0.389. The molecular formula is C42H16B26. The molecule has 0 aromatic heterocycles. The third-order valence-corrected chi connectivity index (χ3v) is 4.39. The number of hydrogen-bond donors (Lipinski definition) is 0. The fraction of sp³-hybridized carbons (Fsp3) is 0.0952. The van der Waals surface area contributed by atoms with Gasteiger partial charge in [-0.05, 0) is 205 Å². The molecule has 0 aliphatic carbocycles. The van der Waals surface area contributed by atoms with Gasteiger partial charge in [0.05, 0.1) is 0 Å². The minimum Gasteiger partial charge on any atom is -0.106 e. The van der Waals surface area contributed by atoms with E-state index in [2.05, 4.69) is 201 Å². The van der Waals surface area contributed by atoms with Crippen LogP contribution in [0.3, 0.4) is 0 Å². The lowest BCUT2D eigenvalue weighted by Crippen LogP contribution is -2.52. The minimum atomic E-state index is -0.630. The summed E-state index contributed by atoms with van der Waals surface area (Å²) in [5.41, 5.74) is 0. The Kier molecular flexibility index (Phi) is 86.2. The van der Waals surface area contributed by atoms with Crippen molar-refractivity contribution in [3.8, 4) is 227 Å². The lowest BCUT2D eigenvalue weighted by atomic mass is 8.68. The molecule has 0 saturated carbocycles. The second-order valence-corrected chi connectivity index (χ2v) is 9.83. The van der Waals surface area contributed by atoms with Crippen LogP contribution in [0.2, 0.25) is 0 Å². The zero-order valence-corrected chi connectivity index (χ0v) is 38.3. The smallest absolute Gasteiger partial charge is 0 e. The zero-order chi connectivity index (χ0) is 54.1. The molecule has 0 bridgehead atoms. The Morgan fingerprint density at radius 2 is 0.441 bits per heavy atom. The lowest BCUT2D eigenvalue weighted by Gasteiger charge is -2.13. The first-order chi connectivity index (χ1) is 32.3. The van der Waals surface area contributed by atoms with Gasteiger partial charge < -0.3 is 0 Å². The van der Waals surface area contributed by atoms with Crippen LogP contribution in [0.25, 0.3) is 0 Å². The van der Waals surface area contributed by atoms with Gasteiger partial charge in [0.15, 0.2) is 0 Å². The largest absolute Gasteiger partial charge is 0.106 e. The van der Waals surface area contributed by atoms with Crippen molar-refractivity contribution in [2.24, 2.45) is 0 Å². The van der Waals surface area contributed by atoms with E-state index in [9.17, 15) is 0 Å². The molecule has 0 nitrogen and oxygen atoms in total. The van der Waals surface area contributed by atoms with Crippen LogP contribution < -0.4 is 0 Å². The summed E-state index contributed by atoms with van der Waals surface area (Å²) in [6.45, 7) is 6.86. The van der Waals surface area contributed by atoms with Gasteiger partial charge in [-0.15, -0.1) is 25.7 Å². The number of hydrogen-bond acceptors (Lipinski definition) is 0. The molecule has 0 saturated heterocycles. The first kappa shape index (κ1) is 78.5. The van der Waals surface area contributed by atoms with Gasteiger partial charge in [-0.1, -0.05) is 23.7 Å². The van der Waals surface area contributed by atoms with Gasteiger partial charge in [0.25, 0.3) is 0 Å². The van der Waals surface area contributed by atoms with Gasteiger partial charge >= 0.3 is 0 Å². The molecule has 0 unspecified atom stereocenters. The first-order valence-corrected chi connectivity index (χ1v) is 18.0. The predicted molar refractivity (Wildman–Crippen MR) is 324 cm³/mol. The maximum Gasteiger partial charge on any atom is 0 e. The molecule has 0 aromatic carbocycles. The Labute approximate surface area is 440 Å². The van der Waals surface area contributed by atoms with Crippen molar-refractivity contribution in [2.45, 2.75) is 27.7 Å². The van der Waals surface area contributed by atoms with Crippen LogP contribution in [-0.2, 0) is 0 Å². The summed E-state index contributed by atoms with van der Waals surface area (Å²) < 4.78 is 0. The van der Waals surface area contributed by atoms with Crippen molar-refractivity contribution < 1.29 is 0 Å². The summed E-state index contributed by atoms with van der Waals surface area (Å²) >= 11 is 0. The third-order valence-electron chi connectivity index (χ3n) is 4.39. The van der Waals surface area contributed by atoms with E-state index in [0.717, 1.165) is 0 Å². The molecule has 0 spiro atoms. The molecule has 0 aromatic rings. The topological polar surface area (TPSA) is 0 Å². The molecule has 0 aliphatic rings. The number of rotatable bonds is 6. The van der Waals surface area contributed by atoms with Crippen LogP contribution >= 0.6 is 0 Å². The molecular weight excluding hydrogens is 786 g/mol. The van der Waals surface area contributed by atoms with Gasteiger partial charge in [-0.3, -0.25) is 0 Å². The molecule has 34 radical (unpaired) electrons. The van der Waals surface area contributed by atoms with Crippen LogP contribution in [0, 0.1) is 227 Å². The van der Waals surface area contributed by atoms with Crippen LogP contribution in [-0.4, -0.2) is 189 Å². The fourth-order valence-corrected chi connectivity index (χ4v) is 1.34. The second-order valence-electron chi connectivity index (χ2n) is 9.83. The zero-order valence-electron chi connectivity index (χ0n) is 38.3. The molecule has 0 rings (SSSR count). The Bertz CT molecular complexity index is 2500. The van der Waals surface area contributed by atoms with E-state index in [0.29, 0.717) is 0 Å².